The van der Waals surface area contributed by atoms with Gasteiger partial charge < -0.3 is 29.3 Å². The summed E-state index contributed by atoms with van der Waals surface area (Å²) in [5.74, 6) is -1.82. The Labute approximate surface area is 471 Å². The van der Waals surface area contributed by atoms with Crippen molar-refractivity contribution in [2.24, 2.45) is 0 Å². The number of hydrogen-bond acceptors (Lipinski definition) is 8. The van der Waals surface area contributed by atoms with E-state index in [0.29, 0.717) is 12.8 Å². The number of rotatable bonds is 56. The standard InChI is InChI=1S/2C31H60O4.Ca/c2*1-3-5-7-8-9-10-14-17-20-24-28-31(34)35-29(25-21-6-4-2)26-22-18-15-12-11-13-16-19-23-27-30(32)33;/h2*29H,3-28H2,1-2H3,(H,32,33);/q;;+2/p-2. The molecule has 71 heavy (non-hydrogen) atoms. The number of carbonyl (C=O) groups excluding carboxylic acids is 4. The van der Waals surface area contributed by atoms with Gasteiger partial charge in [0.25, 0.3) is 0 Å². The Hall–Kier alpha value is -0.860. The quantitative estimate of drug-likeness (QED) is 0.0334. The molecule has 0 aromatic carbocycles. The molecule has 2 unspecified atom stereocenters. The minimum absolute atomic E-state index is 0. The summed E-state index contributed by atoms with van der Waals surface area (Å²) in [5.41, 5.74) is 0. The monoisotopic (exact) mass is 1030 g/mol. The Kier molecular flexibility index (Phi) is 66.5. The Balaban J connectivity index is -0.00000128. The number of esters is 2. The first-order valence-corrected chi connectivity index (χ1v) is 31.0. The van der Waals surface area contributed by atoms with Crippen LogP contribution in [0.5, 0.6) is 0 Å². The van der Waals surface area contributed by atoms with Gasteiger partial charge in [-0.1, -0.05) is 259 Å². The maximum atomic E-state index is 12.4. The van der Waals surface area contributed by atoms with Crippen LogP contribution in [0, 0.1) is 0 Å². The number of carboxylic acids is 2. The summed E-state index contributed by atoms with van der Waals surface area (Å²) in [6, 6.07) is 0. The van der Waals surface area contributed by atoms with Crippen LogP contribution in [0.15, 0.2) is 0 Å². The maximum absolute atomic E-state index is 12.4. The Morgan fingerprint density at radius 2 is 0.437 bits per heavy atom. The van der Waals surface area contributed by atoms with Crippen LogP contribution in [-0.4, -0.2) is 73.8 Å². The molecule has 9 heteroatoms. The molecule has 416 valence electrons. The van der Waals surface area contributed by atoms with Crippen molar-refractivity contribution in [3.05, 3.63) is 0 Å². The average Bonchev–Trinajstić information content (AvgIpc) is 3.33. The van der Waals surface area contributed by atoms with E-state index in [9.17, 15) is 29.4 Å². The summed E-state index contributed by atoms with van der Waals surface area (Å²) in [6.07, 6.45) is 59.0. The SMILES string of the molecule is CCCCCCCCCCCCC(=O)OC(CCCCC)CCCCCCCCCCCC(=O)[O-].CCCCCCCCCCCCC(=O)OC(CCCCC)CCCCCCCCCCCC(=O)[O-].[Ca+2]. The first-order valence-electron chi connectivity index (χ1n) is 31.0. The summed E-state index contributed by atoms with van der Waals surface area (Å²) in [4.78, 5) is 45.6. The second-order valence-corrected chi connectivity index (χ2v) is 21.3. The van der Waals surface area contributed by atoms with Crippen LogP contribution in [0.2, 0.25) is 0 Å². The largest absolute Gasteiger partial charge is 2.00 e. The Morgan fingerprint density at radius 1 is 0.268 bits per heavy atom. The summed E-state index contributed by atoms with van der Waals surface area (Å²) in [7, 11) is 0. The minimum atomic E-state index is -0.928. The van der Waals surface area contributed by atoms with Crippen LogP contribution in [0.3, 0.4) is 0 Å². The predicted octanol–water partition coefficient (Wildman–Crippen LogP) is 17.3. The predicted molar refractivity (Wildman–Crippen MR) is 298 cm³/mol. The molecule has 0 aromatic rings. The van der Waals surface area contributed by atoms with Crippen molar-refractivity contribution in [1.29, 1.82) is 0 Å². The first kappa shape index (κ1) is 74.4. The molecule has 2 atom stereocenters. The molecule has 0 amide bonds. The minimum Gasteiger partial charge on any atom is -0.550 e. The van der Waals surface area contributed by atoms with Crippen LogP contribution >= 0.6 is 0 Å². The van der Waals surface area contributed by atoms with Crippen molar-refractivity contribution in [3.63, 3.8) is 0 Å². The molecule has 0 N–H and O–H groups in total. The summed E-state index contributed by atoms with van der Waals surface area (Å²) in [5, 5.41) is 20.8. The smallest absolute Gasteiger partial charge is 0.550 e. The van der Waals surface area contributed by atoms with Crippen LogP contribution in [-0.2, 0) is 28.7 Å². The van der Waals surface area contributed by atoms with E-state index >= 15 is 0 Å². The van der Waals surface area contributed by atoms with Crippen LogP contribution in [0.1, 0.15) is 362 Å². The molecule has 0 aliphatic rings. The van der Waals surface area contributed by atoms with Gasteiger partial charge in [0, 0.05) is 24.8 Å². The van der Waals surface area contributed by atoms with Gasteiger partial charge in [-0.15, -0.1) is 0 Å². The summed E-state index contributed by atoms with van der Waals surface area (Å²) < 4.78 is 11.8. The van der Waals surface area contributed by atoms with E-state index in [1.54, 1.807) is 0 Å². The number of unbranched alkanes of at least 4 members (excludes halogenated alkanes) is 38. The molecule has 0 spiro atoms. The Morgan fingerprint density at radius 3 is 0.662 bits per heavy atom. The molecule has 0 aliphatic carbocycles. The molecule has 0 radical (unpaired) electrons. The van der Waals surface area contributed by atoms with E-state index in [1.807, 2.05) is 0 Å². The van der Waals surface area contributed by atoms with E-state index in [0.717, 1.165) is 116 Å². The van der Waals surface area contributed by atoms with Crippen molar-refractivity contribution in [1.82, 2.24) is 0 Å². The van der Waals surface area contributed by atoms with E-state index in [4.69, 9.17) is 9.47 Å². The molecule has 0 aromatic heterocycles. The molecule has 0 fully saturated rings. The fraction of sp³-hybridized carbons (Fsp3) is 0.935. The second-order valence-electron chi connectivity index (χ2n) is 21.3. The van der Waals surface area contributed by atoms with Gasteiger partial charge in [0.15, 0.2) is 0 Å². The van der Waals surface area contributed by atoms with Gasteiger partial charge in [-0.2, -0.15) is 0 Å². The van der Waals surface area contributed by atoms with Gasteiger partial charge in [-0.05, 0) is 89.9 Å². The van der Waals surface area contributed by atoms with Gasteiger partial charge in [-0.25, -0.2) is 0 Å². The van der Waals surface area contributed by atoms with Gasteiger partial charge in [0.1, 0.15) is 12.2 Å². The van der Waals surface area contributed by atoms with E-state index in [-0.39, 0.29) is 74.7 Å². The molecule has 0 aliphatic heterocycles. The van der Waals surface area contributed by atoms with E-state index < -0.39 is 11.9 Å². The third kappa shape index (κ3) is 65.2. The van der Waals surface area contributed by atoms with Crippen molar-refractivity contribution in [3.8, 4) is 0 Å². The number of carbonyl (C=O) groups is 4. The molecular formula is C62H118CaO8. The van der Waals surface area contributed by atoms with Crippen molar-refractivity contribution in [2.45, 2.75) is 374 Å². The topological polar surface area (TPSA) is 133 Å². The maximum Gasteiger partial charge on any atom is 2.00 e. The zero-order valence-electron chi connectivity index (χ0n) is 47.9. The molecular weight excluding hydrogens is 913 g/mol. The van der Waals surface area contributed by atoms with Gasteiger partial charge in [0.2, 0.25) is 0 Å². The molecule has 0 rings (SSSR count). The van der Waals surface area contributed by atoms with Crippen molar-refractivity contribution < 1.29 is 38.9 Å². The second kappa shape index (κ2) is 63.4. The van der Waals surface area contributed by atoms with Crippen LogP contribution in [0.25, 0.3) is 0 Å². The summed E-state index contributed by atoms with van der Waals surface area (Å²) >= 11 is 0. The fourth-order valence-electron chi connectivity index (χ4n) is 9.53. The average molecular weight is 1030 g/mol. The summed E-state index contributed by atoms with van der Waals surface area (Å²) in [6.45, 7) is 8.96. The van der Waals surface area contributed by atoms with Crippen LogP contribution < -0.4 is 10.2 Å². The van der Waals surface area contributed by atoms with Crippen molar-refractivity contribution in [2.75, 3.05) is 0 Å². The van der Waals surface area contributed by atoms with E-state index in [2.05, 4.69) is 27.7 Å². The number of aliphatic carboxylic acids is 2. The first-order chi connectivity index (χ1) is 34.2. The van der Waals surface area contributed by atoms with Crippen molar-refractivity contribution >= 4 is 61.6 Å². The van der Waals surface area contributed by atoms with E-state index in [1.165, 1.54) is 193 Å². The zero-order chi connectivity index (χ0) is 51.6. The number of carboxylic acid groups (broad SMARTS) is 2. The molecule has 0 saturated carbocycles. The third-order valence-corrected chi connectivity index (χ3v) is 14.1. The normalized spacial score (nSPS) is 11.9. The van der Waals surface area contributed by atoms with Crippen LogP contribution in [0.4, 0.5) is 0 Å². The van der Waals surface area contributed by atoms with Gasteiger partial charge >= 0.3 is 49.7 Å². The molecule has 0 bridgehead atoms. The van der Waals surface area contributed by atoms with Gasteiger partial charge in [0.05, 0.1) is 0 Å². The third-order valence-electron chi connectivity index (χ3n) is 14.1. The Bertz CT molecular complexity index is 1020. The number of ether oxygens (including phenoxy) is 2. The number of hydrogen-bond donors (Lipinski definition) is 0. The van der Waals surface area contributed by atoms with Gasteiger partial charge in [-0.3, -0.25) is 9.59 Å². The molecule has 0 heterocycles. The molecule has 0 saturated heterocycles. The zero-order valence-corrected chi connectivity index (χ0v) is 50.1. The molecule has 8 nitrogen and oxygen atoms in total. The fourth-order valence-corrected chi connectivity index (χ4v) is 9.53.